The summed E-state index contributed by atoms with van der Waals surface area (Å²) in [6.07, 6.45) is 0.387. The number of carbonyl (C=O) groups excluding carboxylic acids is 2. The number of benzene rings is 1. The van der Waals surface area contributed by atoms with Gasteiger partial charge >= 0.3 is 6.09 Å². The fourth-order valence-electron chi connectivity index (χ4n) is 3.27. The molecule has 2 atom stereocenters. The van der Waals surface area contributed by atoms with Gasteiger partial charge in [-0.2, -0.15) is 0 Å². The van der Waals surface area contributed by atoms with Crippen LogP contribution in [0.1, 0.15) is 53.0 Å². The summed E-state index contributed by atoms with van der Waals surface area (Å²) in [7, 11) is 0. The number of piperidine rings is 1. The summed E-state index contributed by atoms with van der Waals surface area (Å²) in [4.78, 5) is 26.5. The van der Waals surface area contributed by atoms with Crippen molar-refractivity contribution in [3.8, 4) is 0 Å². The van der Waals surface area contributed by atoms with Gasteiger partial charge in [0.25, 0.3) is 0 Å². The molecule has 1 aromatic rings. The van der Waals surface area contributed by atoms with Crippen LogP contribution in [0.4, 0.5) is 4.79 Å². The number of carbonyl (C=O) groups is 2. The molecule has 156 valence electrons. The van der Waals surface area contributed by atoms with Crippen molar-refractivity contribution in [2.24, 2.45) is 5.92 Å². The SMILES string of the molecule is CC(NC(=O)OC(C)(C)C)C(C)C(=O)N1CCC(O)(c2ccc(Cl)cc2)CC1. The zero-order valence-electron chi connectivity index (χ0n) is 17.3. The molecule has 0 radical (unpaired) electrons. The Bertz CT molecular complexity index is 691. The van der Waals surface area contributed by atoms with Gasteiger partial charge in [-0.3, -0.25) is 4.79 Å². The van der Waals surface area contributed by atoms with E-state index in [0.29, 0.717) is 31.0 Å². The molecule has 1 heterocycles. The highest BCUT2D eigenvalue weighted by Gasteiger charge is 2.37. The Balaban J connectivity index is 1.91. The molecule has 28 heavy (non-hydrogen) atoms. The van der Waals surface area contributed by atoms with Crippen molar-refractivity contribution < 1.29 is 19.4 Å². The normalized spacial score (nSPS) is 18.9. The van der Waals surface area contributed by atoms with Crippen LogP contribution < -0.4 is 5.32 Å². The molecule has 1 aromatic carbocycles. The zero-order valence-corrected chi connectivity index (χ0v) is 18.0. The summed E-state index contributed by atoms with van der Waals surface area (Å²) in [6, 6.07) is 6.82. The highest BCUT2D eigenvalue weighted by molar-refractivity contribution is 6.30. The number of aliphatic hydroxyl groups is 1. The number of nitrogens with one attached hydrogen (secondary N) is 1. The zero-order chi connectivity index (χ0) is 21.1. The number of hydrogen-bond acceptors (Lipinski definition) is 4. The summed E-state index contributed by atoms with van der Waals surface area (Å²) < 4.78 is 5.25. The second-order valence-corrected chi connectivity index (χ2v) is 9.02. The van der Waals surface area contributed by atoms with Gasteiger partial charge < -0.3 is 20.1 Å². The summed E-state index contributed by atoms with van der Waals surface area (Å²) in [5.41, 5.74) is -0.724. The molecule has 0 aromatic heterocycles. The highest BCUT2D eigenvalue weighted by atomic mass is 35.5. The summed E-state index contributed by atoms with van der Waals surface area (Å²) >= 11 is 5.92. The van der Waals surface area contributed by atoms with Crippen LogP contribution in [0.3, 0.4) is 0 Å². The van der Waals surface area contributed by atoms with Crippen LogP contribution in [0, 0.1) is 5.92 Å². The molecule has 1 saturated heterocycles. The van der Waals surface area contributed by atoms with Crippen LogP contribution in [0.5, 0.6) is 0 Å². The molecule has 0 saturated carbocycles. The number of halogens is 1. The van der Waals surface area contributed by atoms with E-state index < -0.39 is 23.2 Å². The molecular formula is C21H31ClN2O4. The smallest absolute Gasteiger partial charge is 0.407 e. The van der Waals surface area contributed by atoms with Gasteiger partial charge in [-0.05, 0) is 58.2 Å². The average molecular weight is 411 g/mol. The van der Waals surface area contributed by atoms with Crippen LogP contribution in [0.2, 0.25) is 5.02 Å². The Labute approximate surface area is 172 Å². The Morgan fingerprint density at radius 1 is 1.18 bits per heavy atom. The number of nitrogens with zero attached hydrogens (tertiary/aromatic N) is 1. The van der Waals surface area contributed by atoms with E-state index in [9.17, 15) is 14.7 Å². The van der Waals surface area contributed by atoms with E-state index in [1.807, 2.05) is 12.1 Å². The molecule has 0 aliphatic carbocycles. The van der Waals surface area contributed by atoms with Crippen LogP contribution >= 0.6 is 11.6 Å². The van der Waals surface area contributed by atoms with Crippen molar-refractivity contribution in [3.63, 3.8) is 0 Å². The van der Waals surface area contributed by atoms with E-state index in [4.69, 9.17) is 16.3 Å². The Morgan fingerprint density at radius 3 is 2.21 bits per heavy atom. The quantitative estimate of drug-likeness (QED) is 0.793. The van der Waals surface area contributed by atoms with Gasteiger partial charge in [0.1, 0.15) is 5.60 Å². The number of hydrogen-bond donors (Lipinski definition) is 2. The molecule has 1 aliphatic heterocycles. The fourth-order valence-corrected chi connectivity index (χ4v) is 3.39. The third kappa shape index (κ3) is 5.85. The van der Waals surface area contributed by atoms with Crippen LogP contribution in [-0.2, 0) is 15.1 Å². The molecule has 1 fully saturated rings. The van der Waals surface area contributed by atoms with Crippen molar-refractivity contribution >= 4 is 23.6 Å². The van der Waals surface area contributed by atoms with Crippen LogP contribution in [-0.4, -0.2) is 46.7 Å². The number of alkyl carbamates (subject to hydrolysis) is 1. The first-order valence-corrected chi connectivity index (χ1v) is 10.1. The van der Waals surface area contributed by atoms with Crippen molar-refractivity contribution in [1.29, 1.82) is 0 Å². The molecule has 2 unspecified atom stereocenters. The second-order valence-electron chi connectivity index (χ2n) is 8.59. The van der Waals surface area contributed by atoms with E-state index in [1.54, 1.807) is 51.7 Å². The van der Waals surface area contributed by atoms with Crippen molar-refractivity contribution in [2.75, 3.05) is 13.1 Å². The fraction of sp³-hybridized carbons (Fsp3) is 0.619. The van der Waals surface area contributed by atoms with Gasteiger partial charge in [0, 0.05) is 24.2 Å². The minimum atomic E-state index is -0.953. The lowest BCUT2D eigenvalue weighted by Crippen LogP contribution is -2.50. The number of rotatable bonds is 4. The Hall–Kier alpha value is -1.79. The van der Waals surface area contributed by atoms with Gasteiger partial charge in [-0.1, -0.05) is 30.7 Å². The third-order valence-electron chi connectivity index (χ3n) is 5.17. The number of likely N-dealkylation sites (tertiary alicyclic amines) is 1. The summed E-state index contributed by atoms with van der Waals surface area (Å²) in [5, 5.41) is 14.3. The van der Waals surface area contributed by atoms with Crippen LogP contribution in [0.15, 0.2) is 24.3 Å². The van der Waals surface area contributed by atoms with Gasteiger partial charge in [-0.15, -0.1) is 0 Å². The van der Waals surface area contributed by atoms with E-state index in [2.05, 4.69) is 5.32 Å². The average Bonchev–Trinajstić information content (AvgIpc) is 2.59. The first kappa shape index (κ1) is 22.5. The van der Waals surface area contributed by atoms with Crippen molar-refractivity contribution in [2.45, 2.75) is 64.7 Å². The Kier molecular flexibility index (Phi) is 6.99. The molecule has 7 heteroatoms. The molecule has 0 spiro atoms. The second kappa shape index (κ2) is 8.70. The molecule has 2 rings (SSSR count). The van der Waals surface area contributed by atoms with Gasteiger partial charge in [0.2, 0.25) is 5.91 Å². The van der Waals surface area contributed by atoms with Gasteiger partial charge in [0.05, 0.1) is 11.5 Å². The number of ether oxygens (including phenoxy) is 1. The third-order valence-corrected chi connectivity index (χ3v) is 5.42. The largest absolute Gasteiger partial charge is 0.444 e. The Morgan fingerprint density at radius 2 is 1.71 bits per heavy atom. The van der Waals surface area contributed by atoms with Crippen molar-refractivity contribution in [1.82, 2.24) is 10.2 Å². The predicted molar refractivity (Wildman–Crippen MR) is 109 cm³/mol. The first-order chi connectivity index (χ1) is 12.9. The maximum atomic E-state index is 12.8. The lowest BCUT2D eigenvalue weighted by Gasteiger charge is -2.40. The molecule has 2 N–H and O–H groups in total. The summed E-state index contributed by atoms with van der Waals surface area (Å²) in [5.74, 6) is -0.434. The lowest BCUT2D eigenvalue weighted by molar-refractivity contribution is -0.140. The summed E-state index contributed by atoms with van der Waals surface area (Å²) in [6.45, 7) is 9.89. The maximum Gasteiger partial charge on any atom is 0.407 e. The van der Waals surface area contributed by atoms with E-state index in [1.165, 1.54) is 0 Å². The molecular weight excluding hydrogens is 380 g/mol. The maximum absolute atomic E-state index is 12.8. The van der Waals surface area contributed by atoms with Crippen LogP contribution in [0.25, 0.3) is 0 Å². The molecule has 2 amide bonds. The first-order valence-electron chi connectivity index (χ1n) is 9.68. The molecule has 6 nitrogen and oxygen atoms in total. The van der Waals surface area contributed by atoms with Gasteiger partial charge in [0.15, 0.2) is 0 Å². The standard InChI is InChI=1S/C21H31ClN2O4/c1-14(15(2)23-19(26)28-20(3,4)5)18(25)24-12-10-21(27,11-13-24)16-6-8-17(22)9-7-16/h6-9,14-15,27H,10-13H2,1-5H3,(H,23,26). The molecule has 1 aliphatic rings. The van der Waals surface area contributed by atoms with Gasteiger partial charge in [-0.25, -0.2) is 4.79 Å². The van der Waals surface area contributed by atoms with Crippen molar-refractivity contribution in [3.05, 3.63) is 34.9 Å². The van der Waals surface area contributed by atoms with E-state index in [-0.39, 0.29) is 11.9 Å². The minimum absolute atomic E-state index is 0.0401. The predicted octanol–water partition coefficient (Wildman–Crippen LogP) is 3.70. The van der Waals surface area contributed by atoms with E-state index in [0.717, 1.165) is 5.56 Å². The highest BCUT2D eigenvalue weighted by Crippen LogP contribution is 2.34. The topological polar surface area (TPSA) is 78.9 Å². The lowest BCUT2D eigenvalue weighted by atomic mass is 9.84. The number of amides is 2. The monoisotopic (exact) mass is 410 g/mol. The van der Waals surface area contributed by atoms with E-state index >= 15 is 0 Å². The minimum Gasteiger partial charge on any atom is -0.444 e. The molecule has 0 bridgehead atoms.